The number of nitrogens with one attached hydrogen (secondary N) is 1. The highest BCUT2D eigenvalue weighted by atomic mass is 16.5. The monoisotopic (exact) mass is 392 g/mol. The van der Waals surface area contributed by atoms with E-state index in [2.05, 4.69) is 41.4 Å². The molecule has 1 aliphatic rings. The number of aromatic nitrogens is 1. The van der Waals surface area contributed by atoms with E-state index in [0.717, 1.165) is 50.1 Å². The molecule has 1 aliphatic heterocycles. The van der Waals surface area contributed by atoms with Gasteiger partial charge in [0.1, 0.15) is 0 Å². The Hall–Kier alpha value is -2.95. The highest BCUT2D eigenvalue weighted by molar-refractivity contribution is 5.80. The average molecular weight is 392 g/mol. The molecule has 5 nitrogen and oxygen atoms in total. The molecular weight excluding hydrogens is 364 g/mol. The van der Waals surface area contributed by atoms with Gasteiger partial charge in [0, 0.05) is 17.8 Å². The molecule has 1 N–H and O–H groups in total. The Kier molecular flexibility index (Phi) is 5.74. The van der Waals surface area contributed by atoms with Crippen LogP contribution in [-0.2, 0) is 17.6 Å². The van der Waals surface area contributed by atoms with E-state index in [1.54, 1.807) is 7.11 Å². The zero-order valence-corrected chi connectivity index (χ0v) is 17.1. The van der Waals surface area contributed by atoms with E-state index in [-0.39, 0.29) is 6.04 Å². The van der Waals surface area contributed by atoms with Crippen molar-refractivity contribution >= 4 is 17.3 Å². The Bertz CT molecular complexity index is 962. The number of carbonyl (C=O) groups is 1. The van der Waals surface area contributed by atoms with Gasteiger partial charge in [-0.2, -0.15) is 0 Å². The van der Waals surface area contributed by atoms with Crippen LogP contribution in [0.15, 0.2) is 42.5 Å². The summed E-state index contributed by atoms with van der Waals surface area (Å²) in [6.45, 7) is 3.29. The third-order valence-electron chi connectivity index (χ3n) is 5.77. The van der Waals surface area contributed by atoms with Crippen LogP contribution in [0.2, 0.25) is 0 Å². The van der Waals surface area contributed by atoms with Crippen molar-refractivity contribution in [2.45, 2.75) is 38.6 Å². The molecule has 1 amide bonds. The van der Waals surface area contributed by atoms with Crippen molar-refractivity contribution in [3.8, 4) is 11.5 Å². The standard InChI is InChI=1S/C24H28N2O3/c1-3-29-24-15-20-17(14-23(24)28-2)11-12-26(16-27)22(20)10-6-8-19-13-18-7-4-5-9-21(18)25-19/h4-5,7,9,13-16,22,25H,3,6,8,10-12H2,1-2H3/t22-/m0/s1. The molecule has 0 radical (unpaired) electrons. The van der Waals surface area contributed by atoms with Crippen molar-refractivity contribution in [3.05, 3.63) is 59.3 Å². The van der Waals surface area contributed by atoms with E-state index in [1.807, 2.05) is 17.9 Å². The van der Waals surface area contributed by atoms with E-state index in [9.17, 15) is 4.79 Å². The van der Waals surface area contributed by atoms with Gasteiger partial charge in [-0.05, 0) is 73.4 Å². The Morgan fingerprint density at radius 2 is 2.07 bits per heavy atom. The molecule has 0 fully saturated rings. The number of rotatable bonds is 8. The molecule has 0 spiro atoms. The van der Waals surface area contributed by atoms with Crippen LogP contribution in [0.4, 0.5) is 0 Å². The van der Waals surface area contributed by atoms with E-state index < -0.39 is 0 Å². The highest BCUT2D eigenvalue weighted by Crippen LogP contribution is 2.39. The van der Waals surface area contributed by atoms with Gasteiger partial charge in [0.2, 0.25) is 6.41 Å². The lowest BCUT2D eigenvalue weighted by Gasteiger charge is -2.35. The SMILES string of the molecule is CCOc1cc2c(cc1OC)CCN(C=O)[C@H]2CCCc1cc2ccccc2[nH]1. The summed E-state index contributed by atoms with van der Waals surface area (Å²) in [6.07, 6.45) is 4.70. The van der Waals surface area contributed by atoms with Gasteiger partial charge >= 0.3 is 0 Å². The van der Waals surface area contributed by atoms with Gasteiger partial charge in [-0.3, -0.25) is 4.79 Å². The Morgan fingerprint density at radius 3 is 2.83 bits per heavy atom. The summed E-state index contributed by atoms with van der Waals surface area (Å²) in [5.41, 5.74) is 4.85. The van der Waals surface area contributed by atoms with Gasteiger partial charge in [0.25, 0.3) is 0 Å². The average Bonchev–Trinajstić information content (AvgIpc) is 3.16. The Balaban J connectivity index is 1.53. The summed E-state index contributed by atoms with van der Waals surface area (Å²) in [4.78, 5) is 17.2. The molecule has 5 heteroatoms. The molecule has 0 bridgehead atoms. The van der Waals surface area contributed by atoms with Crippen molar-refractivity contribution in [1.82, 2.24) is 9.88 Å². The van der Waals surface area contributed by atoms with Gasteiger partial charge in [-0.25, -0.2) is 0 Å². The molecule has 2 aromatic carbocycles. The fourth-order valence-electron chi connectivity index (χ4n) is 4.36. The molecule has 29 heavy (non-hydrogen) atoms. The van der Waals surface area contributed by atoms with Crippen LogP contribution in [0, 0.1) is 0 Å². The molecule has 0 aliphatic carbocycles. The first kappa shape index (κ1) is 19.4. The van der Waals surface area contributed by atoms with E-state index in [4.69, 9.17) is 9.47 Å². The first-order valence-electron chi connectivity index (χ1n) is 10.3. The van der Waals surface area contributed by atoms with Crippen molar-refractivity contribution < 1.29 is 14.3 Å². The summed E-state index contributed by atoms with van der Waals surface area (Å²) in [5, 5.41) is 1.24. The molecule has 3 aromatic rings. The van der Waals surface area contributed by atoms with E-state index in [1.165, 1.54) is 27.7 Å². The number of aromatic amines is 1. The molecule has 1 aromatic heterocycles. The number of hydrogen-bond donors (Lipinski definition) is 1. The van der Waals surface area contributed by atoms with Crippen molar-refractivity contribution in [1.29, 1.82) is 0 Å². The maximum Gasteiger partial charge on any atom is 0.210 e. The second-order valence-corrected chi connectivity index (χ2v) is 7.52. The van der Waals surface area contributed by atoms with Crippen molar-refractivity contribution in [2.75, 3.05) is 20.3 Å². The van der Waals surface area contributed by atoms with Gasteiger partial charge < -0.3 is 19.4 Å². The topological polar surface area (TPSA) is 54.6 Å². The number of H-pyrrole nitrogens is 1. The number of hydrogen-bond acceptors (Lipinski definition) is 3. The summed E-state index contributed by atoms with van der Waals surface area (Å²) in [6, 6.07) is 14.8. The zero-order chi connectivity index (χ0) is 20.2. The van der Waals surface area contributed by atoms with E-state index >= 15 is 0 Å². The van der Waals surface area contributed by atoms with Crippen LogP contribution in [0.3, 0.4) is 0 Å². The maximum atomic E-state index is 11.7. The lowest BCUT2D eigenvalue weighted by molar-refractivity contribution is -0.120. The second kappa shape index (κ2) is 8.60. The Morgan fingerprint density at radius 1 is 1.21 bits per heavy atom. The smallest absolute Gasteiger partial charge is 0.210 e. The van der Waals surface area contributed by atoms with Gasteiger partial charge in [0.15, 0.2) is 11.5 Å². The number of ether oxygens (including phenoxy) is 2. The molecule has 0 saturated heterocycles. The van der Waals surface area contributed by atoms with Crippen LogP contribution in [-0.4, -0.2) is 36.6 Å². The van der Waals surface area contributed by atoms with Gasteiger partial charge in [-0.15, -0.1) is 0 Å². The first-order valence-corrected chi connectivity index (χ1v) is 10.3. The van der Waals surface area contributed by atoms with Crippen LogP contribution in [0.25, 0.3) is 10.9 Å². The number of fused-ring (bicyclic) bond motifs is 2. The number of benzene rings is 2. The summed E-state index contributed by atoms with van der Waals surface area (Å²) >= 11 is 0. The number of methoxy groups -OCH3 is 1. The van der Waals surface area contributed by atoms with Crippen LogP contribution in [0.5, 0.6) is 11.5 Å². The van der Waals surface area contributed by atoms with Crippen LogP contribution < -0.4 is 9.47 Å². The zero-order valence-electron chi connectivity index (χ0n) is 17.1. The second-order valence-electron chi connectivity index (χ2n) is 7.52. The molecule has 2 heterocycles. The first-order chi connectivity index (χ1) is 14.2. The fourth-order valence-corrected chi connectivity index (χ4v) is 4.36. The van der Waals surface area contributed by atoms with Gasteiger partial charge in [-0.1, -0.05) is 18.2 Å². The number of para-hydroxylation sites is 1. The van der Waals surface area contributed by atoms with Crippen LogP contribution in [0.1, 0.15) is 42.6 Å². The lowest BCUT2D eigenvalue weighted by Crippen LogP contribution is -2.34. The fraction of sp³-hybridized carbons (Fsp3) is 0.375. The minimum absolute atomic E-state index is 0.0748. The highest BCUT2D eigenvalue weighted by Gasteiger charge is 2.28. The Labute approximate surface area is 171 Å². The number of nitrogens with zero attached hydrogens (tertiary/aromatic N) is 1. The third kappa shape index (κ3) is 3.95. The quantitative estimate of drug-likeness (QED) is 0.568. The number of aryl methyl sites for hydroxylation is 1. The molecular formula is C24H28N2O3. The number of carbonyl (C=O) groups excluding carboxylic acids is 1. The lowest BCUT2D eigenvalue weighted by atomic mass is 9.89. The minimum atomic E-state index is 0.0748. The summed E-state index contributed by atoms with van der Waals surface area (Å²) in [7, 11) is 1.67. The molecule has 152 valence electrons. The van der Waals surface area contributed by atoms with Crippen LogP contribution >= 0.6 is 0 Å². The normalized spacial score (nSPS) is 15.9. The minimum Gasteiger partial charge on any atom is -0.493 e. The molecule has 0 saturated carbocycles. The molecule has 0 unspecified atom stereocenters. The third-order valence-corrected chi connectivity index (χ3v) is 5.77. The largest absolute Gasteiger partial charge is 0.493 e. The summed E-state index contributed by atoms with van der Waals surface area (Å²) < 4.78 is 11.3. The number of amides is 1. The van der Waals surface area contributed by atoms with E-state index in [0.29, 0.717) is 6.61 Å². The predicted molar refractivity (Wildman–Crippen MR) is 115 cm³/mol. The predicted octanol–water partition coefficient (Wildman–Crippen LogP) is 4.65. The van der Waals surface area contributed by atoms with Gasteiger partial charge in [0.05, 0.1) is 19.8 Å². The van der Waals surface area contributed by atoms with Crippen molar-refractivity contribution in [2.24, 2.45) is 0 Å². The maximum absolute atomic E-state index is 11.7. The molecule has 1 atom stereocenters. The summed E-state index contributed by atoms with van der Waals surface area (Å²) in [5.74, 6) is 1.52. The van der Waals surface area contributed by atoms with Crippen molar-refractivity contribution in [3.63, 3.8) is 0 Å². The molecule has 4 rings (SSSR count).